The fourth-order valence-corrected chi connectivity index (χ4v) is 3.34. The van der Waals surface area contributed by atoms with E-state index in [4.69, 9.17) is 14.3 Å². The molecule has 0 saturated carbocycles. The zero-order valence-corrected chi connectivity index (χ0v) is 16.5. The molecule has 1 unspecified atom stereocenters. The molecule has 2 aromatic carbocycles. The third-order valence-electron chi connectivity index (χ3n) is 4.19. The molecule has 1 aliphatic rings. The molecule has 0 bridgehead atoms. The van der Waals surface area contributed by atoms with Gasteiger partial charge in [-0.05, 0) is 43.3 Å². The second-order valence-electron chi connectivity index (χ2n) is 6.41. The minimum atomic E-state index is -3.79. The van der Waals surface area contributed by atoms with E-state index in [0.29, 0.717) is 16.8 Å². The molecule has 0 spiro atoms. The molecule has 0 radical (unpaired) electrons. The Kier molecular flexibility index (Phi) is 5.66. The molecule has 9 nitrogen and oxygen atoms in total. The summed E-state index contributed by atoms with van der Waals surface area (Å²) in [7, 11) is -3.79. The second-order valence-corrected chi connectivity index (χ2v) is 8.01. The van der Waals surface area contributed by atoms with Gasteiger partial charge in [-0.25, -0.2) is 8.98 Å². The van der Waals surface area contributed by atoms with Gasteiger partial charge in [-0.2, -0.15) is 8.42 Å². The van der Waals surface area contributed by atoms with E-state index in [1.807, 2.05) is 0 Å². The summed E-state index contributed by atoms with van der Waals surface area (Å²) in [4.78, 5) is 25.5. The van der Waals surface area contributed by atoms with Crippen LogP contribution in [0.15, 0.2) is 54.6 Å². The SMILES string of the molecule is CC1[C@@H](OS(C)(=O)=O)OC(=O)N1c1ccc(C(=N)NC(=O)c2ccccc2)cc1. The molecular formula is C19H19N3O6S. The number of carbonyl (C=O) groups excluding carboxylic acids is 2. The van der Waals surface area contributed by atoms with Crippen LogP contribution < -0.4 is 10.2 Å². The van der Waals surface area contributed by atoms with Crippen molar-refractivity contribution in [1.29, 1.82) is 5.41 Å². The van der Waals surface area contributed by atoms with Crippen molar-refractivity contribution in [2.75, 3.05) is 11.2 Å². The predicted octanol–water partition coefficient (Wildman–Crippen LogP) is 2.09. The van der Waals surface area contributed by atoms with Crippen LogP contribution in [0.4, 0.5) is 10.5 Å². The zero-order valence-electron chi connectivity index (χ0n) is 15.7. The van der Waals surface area contributed by atoms with Crippen molar-refractivity contribution in [3.63, 3.8) is 0 Å². The van der Waals surface area contributed by atoms with E-state index >= 15 is 0 Å². The highest BCUT2D eigenvalue weighted by Gasteiger charge is 2.42. The molecule has 1 saturated heterocycles. The van der Waals surface area contributed by atoms with Crippen LogP contribution in [0.1, 0.15) is 22.8 Å². The van der Waals surface area contributed by atoms with E-state index in [0.717, 1.165) is 6.26 Å². The number of hydrogen-bond acceptors (Lipinski definition) is 7. The van der Waals surface area contributed by atoms with Crippen molar-refractivity contribution in [3.05, 3.63) is 65.7 Å². The van der Waals surface area contributed by atoms with Crippen LogP contribution in [0.5, 0.6) is 0 Å². The number of nitrogens with one attached hydrogen (secondary N) is 2. The molecule has 1 fully saturated rings. The zero-order chi connectivity index (χ0) is 21.2. The molecule has 29 heavy (non-hydrogen) atoms. The highest BCUT2D eigenvalue weighted by molar-refractivity contribution is 7.86. The lowest BCUT2D eigenvalue weighted by molar-refractivity contribution is -0.00472. The maximum atomic E-state index is 12.2. The third kappa shape index (κ3) is 4.79. The lowest BCUT2D eigenvalue weighted by Crippen LogP contribution is -2.36. The summed E-state index contributed by atoms with van der Waals surface area (Å²) in [5.74, 6) is -0.502. The number of ether oxygens (including phenoxy) is 1. The number of carbonyl (C=O) groups is 2. The maximum Gasteiger partial charge on any atom is 0.417 e. The first-order valence-electron chi connectivity index (χ1n) is 8.59. The quantitative estimate of drug-likeness (QED) is 0.436. The Balaban J connectivity index is 1.70. The number of hydrogen-bond donors (Lipinski definition) is 2. The van der Waals surface area contributed by atoms with Crippen molar-refractivity contribution in [2.24, 2.45) is 0 Å². The highest BCUT2D eigenvalue weighted by Crippen LogP contribution is 2.28. The van der Waals surface area contributed by atoms with E-state index in [1.54, 1.807) is 61.5 Å². The van der Waals surface area contributed by atoms with Crippen LogP contribution >= 0.6 is 0 Å². The van der Waals surface area contributed by atoms with Gasteiger partial charge < -0.3 is 10.1 Å². The minimum absolute atomic E-state index is 0.0965. The van der Waals surface area contributed by atoms with Gasteiger partial charge in [0.25, 0.3) is 16.0 Å². The van der Waals surface area contributed by atoms with Gasteiger partial charge in [-0.1, -0.05) is 18.2 Å². The molecule has 2 atom stereocenters. The largest absolute Gasteiger partial charge is 0.417 e. The summed E-state index contributed by atoms with van der Waals surface area (Å²) < 4.78 is 32.4. The Morgan fingerprint density at radius 3 is 2.31 bits per heavy atom. The van der Waals surface area contributed by atoms with Crippen LogP contribution in [0.3, 0.4) is 0 Å². The van der Waals surface area contributed by atoms with Crippen molar-refractivity contribution < 1.29 is 26.9 Å². The summed E-state index contributed by atoms with van der Waals surface area (Å²) in [5.41, 5.74) is 1.30. The Morgan fingerprint density at radius 2 is 1.72 bits per heavy atom. The van der Waals surface area contributed by atoms with E-state index in [9.17, 15) is 18.0 Å². The maximum absolute atomic E-state index is 12.2. The van der Waals surface area contributed by atoms with E-state index in [-0.39, 0.29) is 5.84 Å². The monoisotopic (exact) mass is 417 g/mol. The van der Waals surface area contributed by atoms with Crippen LogP contribution in [-0.2, 0) is 19.0 Å². The fourth-order valence-electron chi connectivity index (χ4n) is 2.79. The van der Waals surface area contributed by atoms with Gasteiger partial charge in [0.2, 0.25) is 6.29 Å². The Hall–Kier alpha value is -3.24. The summed E-state index contributed by atoms with van der Waals surface area (Å²) in [5, 5.41) is 10.6. The van der Waals surface area contributed by atoms with Gasteiger partial charge in [0.05, 0.1) is 6.26 Å². The highest BCUT2D eigenvalue weighted by atomic mass is 32.2. The number of amides is 2. The third-order valence-corrected chi connectivity index (χ3v) is 4.73. The van der Waals surface area contributed by atoms with Gasteiger partial charge in [0.1, 0.15) is 11.9 Å². The predicted molar refractivity (Wildman–Crippen MR) is 105 cm³/mol. The normalized spacial score (nSPS) is 19.0. The van der Waals surface area contributed by atoms with Crippen molar-refractivity contribution in [1.82, 2.24) is 5.32 Å². The number of benzene rings is 2. The molecule has 0 aliphatic carbocycles. The van der Waals surface area contributed by atoms with Crippen LogP contribution in [0.2, 0.25) is 0 Å². The minimum Gasteiger partial charge on any atom is -0.416 e. The Morgan fingerprint density at radius 1 is 1.10 bits per heavy atom. The molecule has 1 heterocycles. The lowest BCUT2D eigenvalue weighted by atomic mass is 10.1. The van der Waals surface area contributed by atoms with Crippen molar-refractivity contribution in [2.45, 2.75) is 19.3 Å². The summed E-state index contributed by atoms with van der Waals surface area (Å²) >= 11 is 0. The number of nitrogens with zero attached hydrogens (tertiary/aromatic N) is 1. The molecule has 2 amide bonds. The van der Waals surface area contributed by atoms with Gasteiger partial charge >= 0.3 is 6.09 Å². The number of anilines is 1. The molecule has 0 aromatic heterocycles. The number of cyclic esters (lactones) is 1. The van der Waals surface area contributed by atoms with E-state index in [2.05, 4.69) is 5.32 Å². The van der Waals surface area contributed by atoms with Gasteiger partial charge in [-0.3, -0.25) is 15.1 Å². The van der Waals surface area contributed by atoms with Gasteiger partial charge in [0, 0.05) is 16.8 Å². The van der Waals surface area contributed by atoms with Crippen LogP contribution in [0, 0.1) is 5.41 Å². The first kappa shape index (κ1) is 20.5. The molecule has 152 valence electrons. The standard InChI is InChI=1S/C19H19N3O6S/c1-12-18(28-29(2,25)26)27-19(24)22(12)15-10-8-13(9-11-15)16(20)21-17(23)14-6-4-3-5-7-14/h3-12,18H,1-2H3,(H2,20,21,23)/t12?,18-/m1/s1. The van der Waals surface area contributed by atoms with E-state index in [1.165, 1.54) is 4.90 Å². The smallest absolute Gasteiger partial charge is 0.416 e. The molecule has 2 aromatic rings. The van der Waals surface area contributed by atoms with E-state index < -0.39 is 34.5 Å². The first-order chi connectivity index (χ1) is 13.7. The molecular weight excluding hydrogens is 398 g/mol. The molecule has 2 N–H and O–H groups in total. The van der Waals surface area contributed by atoms with Gasteiger partial charge in [-0.15, -0.1) is 0 Å². The van der Waals surface area contributed by atoms with Crippen molar-refractivity contribution in [3.8, 4) is 0 Å². The fraction of sp³-hybridized carbons (Fsp3) is 0.211. The topological polar surface area (TPSA) is 126 Å². The average molecular weight is 417 g/mol. The Bertz CT molecular complexity index is 1040. The second kappa shape index (κ2) is 8.02. The van der Waals surface area contributed by atoms with Crippen molar-refractivity contribution >= 4 is 33.6 Å². The first-order valence-corrected chi connectivity index (χ1v) is 10.4. The molecule has 1 aliphatic heterocycles. The molecule has 3 rings (SSSR count). The van der Waals surface area contributed by atoms with Gasteiger partial charge in [0.15, 0.2) is 0 Å². The Labute approximate surface area is 167 Å². The summed E-state index contributed by atoms with van der Waals surface area (Å²) in [6, 6.07) is 14.1. The van der Waals surface area contributed by atoms with Crippen LogP contribution in [-0.4, -0.2) is 44.8 Å². The summed E-state index contributed by atoms with van der Waals surface area (Å²) in [6.07, 6.45) is -1.12. The number of amidine groups is 1. The number of rotatable bonds is 5. The summed E-state index contributed by atoms with van der Waals surface area (Å²) in [6.45, 7) is 1.59. The van der Waals surface area contributed by atoms with Crippen LogP contribution in [0.25, 0.3) is 0 Å². The molecule has 10 heteroatoms. The average Bonchev–Trinajstić information content (AvgIpc) is 2.94. The lowest BCUT2D eigenvalue weighted by Gasteiger charge is -2.20.